The van der Waals surface area contributed by atoms with Crippen molar-refractivity contribution in [2.45, 2.75) is 19.4 Å². The van der Waals surface area contributed by atoms with E-state index in [-0.39, 0.29) is 33.7 Å². The van der Waals surface area contributed by atoms with E-state index in [2.05, 4.69) is 5.32 Å². The van der Waals surface area contributed by atoms with Crippen molar-refractivity contribution in [3.8, 4) is 0 Å². The van der Waals surface area contributed by atoms with E-state index in [4.69, 9.17) is 10.5 Å². The van der Waals surface area contributed by atoms with Gasteiger partial charge in [0.25, 0.3) is 5.91 Å². The third kappa shape index (κ3) is 4.25. The molecule has 3 N–H and O–H groups in total. The predicted molar refractivity (Wildman–Crippen MR) is 122 cm³/mol. The first kappa shape index (κ1) is 22.0. The highest BCUT2D eigenvalue weighted by Gasteiger charge is 2.33. The Morgan fingerprint density at radius 1 is 0.879 bits per heavy atom. The number of carbonyl (C=O) groups excluding carboxylic acids is 4. The van der Waals surface area contributed by atoms with Crippen molar-refractivity contribution in [1.82, 2.24) is 5.32 Å². The summed E-state index contributed by atoms with van der Waals surface area (Å²) in [6.45, 7) is 1.84. The molecule has 7 heteroatoms. The van der Waals surface area contributed by atoms with Crippen molar-refractivity contribution in [3.05, 3.63) is 100 Å². The van der Waals surface area contributed by atoms with E-state index >= 15 is 0 Å². The smallest absolute Gasteiger partial charge is 0.341 e. The van der Waals surface area contributed by atoms with Crippen LogP contribution in [0.25, 0.3) is 0 Å². The maximum absolute atomic E-state index is 13.0. The van der Waals surface area contributed by atoms with E-state index in [1.54, 1.807) is 24.3 Å². The summed E-state index contributed by atoms with van der Waals surface area (Å²) in [5.74, 6) is -2.06. The number of ether oxygens (including phenoxy) is 1. The molecule has 3 aromatic rings. The SMILES string of the molecule is C[C@H](OC(=O)c1ccc2c(c1N)C(=O)c1ccccc1C2=O)C(=O)NCCc1ccccc1. The number of ketones is 2. The predicted octanol–water partition coefficient (Wildman–Crippen LogP) is 2.95. The molecule has 0 saturated heterocycles. The third-order valence-corrected chi connectivity index (χ3v) is 5.56. The Morgan fingerprint density at radius 3 is 2.21 bits per heavy atom. The van der Waals surface area contributed by atoms with Crippen LogP contribution in [0.15, 0.2) is 66.7 Å². The fourth-order valence-electron chi connectivity index (χ4n) is 3.79. The Hall–Kier alpha value is -4.26. The number of anilines is 1. The number of fused-ring (bicyclic) bond motifs is 2. The minimum atomic E-state index is -1.07. The van der Waals surface area contributed by atoms with Gasteiger partial charge in [-0.25, -0.2) is 4.79 Å². The molecule has 0 spiro atoms. The second-order valence-electron chi connectivity index (χ2n) is 7.73. The monoisotopic (exact) mass is 442 g/mol. The number of benzene rings is 3. The number of hydrogen-bond donors (Lipinski definition) is 2. The van der Waals surface area contributed by atoms with Crippen LogP contribution in [-0.2, 0) is 16.0 Å². The van der Waals surface area contributed by atoms with Gasteiger partial charge in [-0.05, 0) is 31.0 Å². The number of amides is 1. The normalized spacial score (nSPS) is 13.0. The largest absolute Gasteiger partial charge is 0.449 e. The molecule has 1 aliphatic rings. The van der Waals surface area contributed by atoms with Crippen molar-refractivity contribution in [3.63, 3.8) is 0 Å². The zero-order chi connectivity index (χ0) is 23.5. The number of nitrogen functional groups attached to an aromatic ring is 1. The van der Waals surface area contributed by atoms with Gasteiger partial charge in [0, 0.05) is 23.2 Å². The fraction of sp³-hybridized carbons (Fsp3) is 0.154. The van der Waals surface area contributed by atoms with Gasteiger partial charge in [-0.1, -0.05) is 54.6 Å². The van der Waals surface area contributed by atoms with Gasteiger partial charge in [0.15, 0.2) is 17.7 Å². The number of hydrogen-bond acceptors (Lipinski definition) is 6. The first-order valence-electron chi connectivity index (χ1n) is 10.5. The Kier molecular flexibility index (Phi) is 6.04. The van der Waals surface area contributed by atoms with Gasteiger partial charge in [0.1, 0.15) is 0 Å². The summed E-state index contributed by atoms with van der Waals surface area (Å²) in [5.41, 5.74) is 7.65. The molecule has 0 radical (unpaired) electrons. The molecule has 4 rings (SSSR count). The number of nitrogens with one attached hydrogen (secondary N) is 1. The average Bonchev–Trinajstić information content (AvgIpc) is 2.82. The maximum Gasteiger partial charge on any atom is 0.341 e. The molecule has 33 heavy (non-hydrogen) atoms. The molecular weight excluding hydrogens is 420 g/mol. The van der Waals surface area contributed by atoms with Crippen LogP contribution >= 0.6 is 0 Å². The Labute approximate surface area is 190 Å². The Morgan fingerprint density at radius 2 is 1.52 bits per heavy atom. The van der Waals surface area contributed by atoms with Gasteiger partial charge in [0.05, 0.1) is 16.8 Å². The summed E-state index contributed by atoms with van der Waals surface area (Å²) < 4.78 is 5.28. The Bertz CT molecular complexity index is 1270. The Balaban J connectivity index is 1.46. The van der Waals surface area contributed by atoms with E-state index in [0.29, 0.717) is 18.5 Å². The zero-order valence-corrected chi connectivity index (χ0v) is 18.0. The average molecular weight is 442 g/mol. The van der Waals surface area contributed by atoms with Gasteiger partial charge in [-0.15, -0.1) is 0 Å². The minimum absolute atomic E-state index is 0.0203. The standard InChI is InChI=1S/C26H22N2O5/c1-15(25(31)28-14-13-16-7-3-2-4-8-16)33-26(32)20-12-11-19-21(22(20)27)24(30)18-10-6-5-9-17(18)23(19)29/h2-12,15H,13-14,27H2,1H3,(H,28,31)/t15-/m0/s1. The summed E-state index contributed by atoms with van der Waals surface area (Å²) in [7, 11) is 0. The van der Waals surface area contributed by atoms with Crippen molar-refractivity contribution in [1.29, 1.82) is 0 Å². The van der Waals surface area contributed by atoms with Gasteiger partial charge in [-0.2, -0.15) is 0 Å². The zero-order valence-electron chi connectivity index (χ0n) is 18.0. The highest BCUT2D eigenvalue weighted by Crippen LogP contribution is 2.33. The molecule has 0 aromatic heterocycles. The van der Waals surface area contributed by atoms with Crippen LogP contribution in [-0.4, -0.2) is 36.1 Å². The topological polar surface area (TPSA) is 116 Å². The van der Waals surface area contributed by atoms with Crippen LogP contribution in [0, 0.1) is 0 Å². The molecule has 0 unspecified atom stereocenters. The number of rotatable bonds is 6. The summed E-state index contributed by atoms with van der Waals surface area (Å²) in [6.07, 6.45) is -0.426. The van der Waals surface area contributed by atoms with Crippen LogP contribution in [0.1, 0.15) is 54.7 Å². The van der Waals surface area contributed by atoms with Gasteiger partial charge >= 0.3 is 5.97 Å². The lowest BCUT2D eigenvalue weighted by Gasteiger charge is -2.20. The van der Waals surface area contributed by atoms with Gasteiger partial charge < -0.3 is 15.8 Å². The molecule has 1 aliphatic carbocycles. The van der Waals surface area contributed by atoms with Crippen LogP contribution in [0.3, 0.4) is 0 Å². The van der Waals surface area contributed by atoms with Crippen molar-refractivity contribution in [2.24, 2.45) is 0 Å². The molecule has 0 saturated carbocycles. The molecule has 1 atom stereocenters. The van der Waals surface area contributed by atoms with E-state index < -0.39 is 23.8 Å². The van der Waals surface area contributed by atoms with Crippen LogP contribution in [0.5, 0.6) is 0 Å². The molecule has 7 nitrogen and oxygen atoms in total. The molecule has 166 valence electrons. The summed E-state index contributed by atoms with van der Waals surface area (Å²) in [6, 6.07) is 18.9. The van der Waals surface area contributed by atoms with Crippen LogP contribution < -0.4 is 11.1 Å². The lowest BCUT2D eigenvalue weighted by Crippen LogP contribution is -2.37. The van der Waals surface area contributed by atoms with Crippen LogP contribution in [0.2, 0.25) is 0 Å². The highest BCUT2D eigenvalue weighted by molar-refractivity contribution is 6.30. The summed E-state index contributed by atoms with van der Waals surface area (Å²) in [5, 5.41) is 2.73. The molecule has 0 bridgehead atoms. The van der Waals surface area contributed by atoms with E-state index in [1.165, 1.54) is 19.1 Å². The number of esters is 1. The first-order chi connectivity index (χ1) is 15.9. The maximum atomic E-state index is 13.0. The second kappa shape index (κ2) is 9.08. The molecular formula is C26H22N2O5. The van der Waals surface area contributed by atoms with Gasteiger partial charge in [-0.3, -0.25) is 14.4 Å². The quantitative estimate of drug-likeness (QED) is 0.350. The minimum Gasteiger partial charge on any atom is -0.449 e. The lowest BCUT2D eigenvalue weighted by molar-refractivity contribution is -0.129. The molecule has 3 aromatic carbocycles. The first-order valence-corrected chi connectivity index (χ1v) is 10.5. The summed E-state index contributed by atoms with van der Waals surface area (Å²) in [4.78, 5) is 50.8. The van der Waals surface area contributed by atoms with E-state index in [0.717, 1.165) is 5.56 Å². The highest BCUT2D eigenvalue weighted by atomic mass is 16.5. The van der Waals surface area contributed by atoms with Crippen molar-refractivity contribution < 1.29 is 23.9 Å². The second-order valence-corrected chi connectivity index (χ2v) is 7.73. The summed E-state index contributed by atoms with van der Waals surface area (Å²) >= 11 is 0. The van der Waals surface area contributed by atoms with E-state index in [9.17, 15) is 19.2 Å². The lowest BCUT2D eigenvalue weighted by atomic mass is 9.82. The number of carbonyl (C=O) groups is 4. The third-order valence-electron chi connectivity index (χ3n) is 5.56. The van der Waals surface area contributed by atoms with Gasteiger partial charge in [0.2, 0.25) is 0 Å². The molecule has 0 aliphatic heterocycles. The van der Waals surface area contributed by atoms with E-state index in [1.807, 2.05) is 30.3 Å². The molecule has 0 heterocycles. The number of nitrogens with two attached hydrogens (primary N) is 1. The molecule has 0 fully saturated rings. The molecule has 1 amide bonds. The van der Waals surface area contributed by atoms with Crippen molar-refractivity contribution in [2.75, 3.05) is 12.3 Å². The van der Waals surface area contributed by atoms with Crippen molar-refractivity contribution >= 4 is 29.1 Å². The van der Waals surface area contributed by atoms with Crippen LogP contribution in [0.4, 0.5) is 5.69 Å². The fourth-order valence-corrected chi connectivity index (χ4v) is 3.79.